The Bertz CT molecular complexity index is 365. The molecule has 0 radical (unpaired) electrons. The summed E-state index contributed by atoms with van der Waals surface area (Å²) in [5, 5.41) is 17.9. The Morgan fingerprint density at radius 2 is 2.15 bits per heavy atom. The van der Waals surface area contributed by atoms with Crippen molar-refractivity contribution in [1.82, 2.24) is 0 Å². The predicted molar refractivity (Wildman–Crippen MR) is 47.1 cm³/mol. The van der Waals surface area contributed by atoms with Gasteiger partial charge in [-0.05, 0) is 12.2 Å². The SMILES string of the molecule is NC1=CC=C(C(=O)O)C(O)C1=S=O. The summed E-state index contributed by atoms with van der Waals surface area (Å²) in [6.45, 7) is 0. The van der Waals surface area contributed by atoms with E-state index in [1.807, 2.05) is 0 Å². The summed E-state index contributed by atoms with van der Waals surface area (Å²) < 4.78 is 10.5. The number of aliphatic hydroxyl groups is 1. The van der Waals surface area contributed by atoms with Gasteiger partial charge in [-0.15, -0.1) is 0 Å². The molecule has 5 nitrogen and oxygen atoms in total. The third-order valence-electron chi connectivity index (χ3n) is 1.61. The minimum atomic E-state index is -1.41. The number of nitrogens with two attached hydrogens (primary N) is 1. The lowest BCUT2D eigenvalue weighted by Gasteiger charge is -2.15. The summed E-state index contributed by atoms with van der Waals surface area (Å²) in [6.07, 6.45) is 1.06. The maximum Gasteiger partial charge on any atom is 0.334 e. The van der Waals surface area contributed by atoms with Crippen LogP contribution in [0.2, 0.25) is 0 Å². The quantitative estimate of drug-likeness (QED) is 0.453. The van der Waals surface area contributed by atoms with Crippen LogP contribution < -0.4 is 5.73 Å². The molecule has 0 heterocycles. The van der Waals surface area contributed by atoms with Gasteiger partial charge in [0.1, 0.15) is 11.0 Å². The Morgan fingerprint density at radius 3 is 2.62 bits per heavy atom. The number of aliphatic hydroxyl groups excluding tert-OH is 1. The maximum atomic E-state index is 10.5. The van der Waals surface area contributed by atoms with E-state index >= 15 is 0 Å². The minimum absolute atomic E-state index is 0.00231. The second-order valence-corrected chi connectivity index (χ2v) is 3.01. The van der Waals surface area contributed by atoms with Gasteiger partial charge in [0.2, 0.25) is 0 Å². The Balaban J connectivity index is 3.19. The van der Waals surface area contributed by atoms with Crippen molar-refractivity contribution in [1.29, 1.82) is 0 Å². The molecule has 13 heavy (non-hydrogen) atoms. The van der Waals surface area contributed by atoms with Crippen LogP contribution in [-0.2, 0) is 16.1 Å². The first-order valence-corrected chi connectivity index (χ1v) is 4.08. The van der Waals surface area contributed by atoms with Crippen molar-refractivity contribution in [2.45, 2.75) is 6.10 Å². The number of hydrogen-bond acceptors (Lipinski definition) is 4. The molecule has 0 saturated heterocycles. The molecular weight excluding hydrogens is 194 g/mol. The van der Waals surface area contributed by atoms with Gasteiger partial charge in [-0.2, -0.15) is 0 Å². The van der Waals surface area contributed by atoms with Crippen molar-refractivity contribution in [3.63, 3.8) is 0 Å². The van der Waals surface area contributed by atoms with Gasteiger partial charge in [0, 0.05) is 0 Å². The molecule has 4 N–H and O–H groups in total. The van der Waals surface area contributed by atoms with E-state index in [0.29, 0.717) is 0 Å². The lowest BCUT2D eigenvalue weighted by atomic mass is 10.00. The van der Waals surface area contributed by atoms with Gasteiger partial charge >= 0.3 is 5.97 Å². The van der Waals surface area contributed by atoms with Crippen LogP contribution in [-0.4, -0.2) is 31.4 Å². The number of carbonyl (C=O) groups is 1. The maximum absolute atomic E-state index is 10.5. The van der Waals surface area contributed by atoms with Crippen LogP contribution in [0, 0.1) is 0 Å². The smallest absolute Gasteiger partial charge is 0.334 e. The molecule has 0 spiro atoms. The first-order chi connectivity index (χ1) is 6.07. The molecule has 0 amide bonds. The molecule has 1 rings (SSSR count). The molecule has 0 fully saturated rings. The van der Waals surface area contributed by atoms with Gasteiger partial charge in [0.15, 0.2) is 0 Å². The zero-order valence-electron chi connectivity index (χ0n) is 6.43. The standard InChI is InChI=1S/C7H7NO4S/c8-4-2-1-3(7(10)11)5(9)6(4)13-12/h1-2,5,9H,8H2,(H,10,11). The highest BCUT2D eigenvalue weighted by molar-refractivity contribution is 7.67. The predicted octanol–water partition coefficient (Wildman–Crippen LogP) is -1.40. The fourth-order valence-corrected chi connectivity index (χ4v) is 1.32. The molecule has 0 aliphatic heterocycles. The van der Waals surface area contributed by atoms with Crippen LogP contribution >= 0.6 is 0 Å². The Labute approximate surface area is 77.2 Å². The van der Waals surface area contributed by atoms with Crippen molar-refractivity contribution < 1.29 is 19.2 Å². The van der Waals surface area contributed by atoms with Crippen molar-refractivity contribution in [3.8, 4) is 0 Å². The number of carboxylic acids is 1. The molecule has 0 bridgehead atoms. The summed E-state index contributed by atoms with van der Waals surface area (Å²) >= 11 is 0.00231. The van der Waals surface area contributed by atoms with E-state index in [-0.39, 0.29) is 27.4 Å². The summed E-state index contributed by atoms with van der Waals surface area (Å²) in [4.78, 5) is 10.4. The molecule has 6 heteroatoms. The third-order valence-corrected chi connectivity index (χ3v) is 2.25. The monoisotopic (exact) mass is 201 g/mol. The number of rotatable bonds is 1. The minimum Gasteiger partial charge on any atom is -0.478 e. The average Bonchev–Trinajstić information content (AvgIpc) is 2.04. The molecule has 0 aromatic carbocycles. The van der Waals surface area contributed by atoms with Crippen LogP contribution in [0.1, 0.15) is 0 Å². The summed E-state index contributed by atoms with van der Waals surface area (Å²) in [7, 11) is 0. The first kappa shape index (κ1) is 9.69. The Kier molecular flexibility index (Phi) is 2.64. The van der Waals surface area contributed by atoms with Crippen molar-refractivity contribution in [2.24, 2.45) is 5.73 Å². The zero-order valence-corrected chi connectivity index (χ0v) is 7.25. The van der Waals surface area contributed by atoms with Gasteiger partial charge in [0.25, 0.3) is 0 Å². The van der Waals surface area contributed by atoms with Crippen LogP contribution in [0.25, 0.3) is 0 Å². The van der Waals surface area contributed by atoms with E-state index in [2.05, 4.69) is 0 Å². The number of aliphatic carboxylic acids is 1. The Morgan fingerprint density at radius 1 is 1.54 bits per heavy atom. The van der Waals surface area contributed by atoms with Gasteiger partial charge in [-0.3, -0.25) is 0 Å². The van der Waals surface area contributed by atoms with E-state index in [1.165, 1.54) is 12.2 Å². The highest BCUT2D eigenvalue weighted by Crippen LogP contribution is 2.13. The second-order valence-electron chi connectivity index (χ2n) is 2.40. The molecule has 1 aliphatic carbocycles. The molecular formula is C7H7NO4S. The third kappa shape index (κ3) is 1.68. The highest BCUT2D eigenvalue weighted by atomic mass is 32.1. The lowest BCUT2D eigenvalue weighted by Crippen LogP contribution is -2.33. The van der Waals surface area contributed by atoms with Crippen LogP contribution in [0.4, 0.5) is 0 Å². The highest BCUT2D eigenvalue weighted by Gasteiger charge is 2.26. The number of allylic oxidation sites excluding steroid dienone is 2. The molecule has 0 saturated carbocycles. The molecule has 0 aromatic heterocycles. The number of carboxylic acid groups (broad SMARTS) is 1. The molecule has 70 valence electrons. The fourth-order valence-electron chi connectivity index (χ4n) is 0.934. The fraction of sp³-hybridized carbons (Fsp3) is 0.143. The topological polar surface area (TPSA) is 101 Å². The van der Waals surface area contributed by atoms with Gasteiger partial charge in [0.05, 0.1) is 22.5 Å². The average molecular weight is 201 g/mol. The largest absolute Gasteiger partial charge is 0.478 e. The lowest BCUT2D eigenvalue weighted by molar-refractivity contribution is -0.133. The van der Waals surface area contributed by atoms with Crippen molar-refractivity contribution in [3.05, 3.63) is 23.4 Å². The summed E-state index contributed by atoms with van der Waals surface area (Å²) in [5.41, 5.74) is 5.21. The van der Waals surface area contributed by atoms with E-state index in [1.54, 1.807) is 0 Å². The van der Waals surface area contributed by atoms with E-state index in [0.717, 1.165) is 0 Å². The zero-order chi connectivity index (χ0) is 10.0. The molecule has 0 aromatic rings. The van der Waals surface area contributed by atoms with Crippen LogP contribution in [0.3, 0.4) is 0 Å². The molecule has 1 atom stereocenters. The van der Waals surface area contributed by atoms with E-state index in [9.17, 15) is 14.1 Å². The van der Waals surface area contributed by atoms with Gasteiger partial charge < -0.3 is 15.9 Å². The summed E-state index contributed by atoms with van der Waals surface area (Å²) in [6, 6.07) is 0. The summed E-state index contributed by atoms with van der Waals surface area (Å²) in [5.74, 6) is -1.26. The van der Waals surface area contributed by atoms with Crippen LogP contribution in [0.15, 0.2) is 23.4 Å². The Hall–Kier alpha value is -1.40. The van der Waals surface area contributed by atoms with Gasteiger partial charge in [-0.1, -0.05) is 0 Å². The number of hydrogen-bond donors (Lipinski definition) is 3. The van der Waals surface area contributed by atoms with Crippen molar-refractivity contribution in [2.75, 3.05) is 0 Å². The molecule has 1 unspecified atom stereocenters. The normalized spacial score (nSPS) is 21.9. The van der Waals surface area contributed by atoms with Gasteiger partial charge in [-0.25, -0.2) is 9.00 Å². The second kappa shape index (κ2) is 3.55. The molecule has 1 aliphatic rings. The van der Waals surface area contributed by atoms with Crippen molar-refractivity contribution >= 4 is 22.1 Å². The van der Waals surface area contributed by atoms with Crippen LogP contribution in [0.5, 0.6) is 0 Å². The van der Waals surface area contributed by atoms with E-state index < -0.39 is 12.1 Å². The van der Waals surface area contributed by atoms with E-state index in [4.69, 9.17) is 10.8 Å². The first-order valence-electron chi connectivity index (χ1n) is 3.33.